The highest BCUT2D eigenvalue weighted by atomic mass is 16.5. The summed E-state index contributed by atoms with van der Waals surface area (Å²) < 4.78 is 18.4. The number of fused-ring (bicyclic) bond motifs is 1. The van der Waals surface area contributed by atoms with Gasteiger partial charge in [0.25, 0.3) is 0 Å². The first-order valence-corrected chi connectivity index (χ1v) is 12.0. The standard InChI is InChI=1S/C25H39N7O3/c1-15(2)31(16(3)4)11-10-26-23-21-24(32(14-27-21)17(5)6)30-25(29-23)28-18-12-19(33-7)22(35-9)20(13-18)34-8/h12-17H,10-11H2,1-9H3,(H2,26,28,29,30). The summed E-state index contributed by atoms with van der Waals surface area (Å²) in [5.74, 6) is 2.75. The Morgan fingerprint density at radius 1 is 0.914 bits per heavy atom. The highest BCUT2D eigenvalue weighted by Crippen LogP contribution is 2.40. The van der Waals surface area contributed by atoms with Crippen LogP contribution in [0.2, 0.25) is 0 Å². The van der Waals surface area contributed by atoms with Crippen LogP contribution in [0.1, 0.15) is 47.6 Å². The molecule has 35 heavy (non-hydrogen) atoms. The van der Waals surface area contributed by atoms with Crippen molar-refractivity contribution >= 4 is 28.6 Å². The summed E-state index contributed by atoms with van der Waals surface area (Å²) in [7, 11) is 4.75. The maximum Gasteiger partial charge on any atom is 0.231 e. The Balaban J connectivity index is 1.97. The molecule has 0 aliphatic rings. The summed E-state index contributed by atoms with van der Waals surface area (Å²) in [6, 6.07) is 4.77. The van der Waals surface area contributed by atoms with E-state index < -0.39 is 0 Å². The number of nitrogens with zero attached hydrogens (tertiary/aromatic N) is 5. The molecule has 3 rings (SSSR count). The fraction of sp³-hybridized carbons (Fsp3) is 0.560. The van der Waals surface area contributed by atoms with Gasteiger partial charge in [0.1, 0.15) is 0 Å². The van der Waals surface area contributed by atoms with Gasteiger partial charge in [-0.2, -0.15) is 9.97 Å². The summed E-state index contributed by atoms with van der Waals surface area (Å²) in [4.78, 5) is 16.6. The van der Waals surface area contributed by atoms with Gasteiger partial charge in [-0.15, -0.1) is 0 Å². The molecule has 192 valence electrons. The summed E-state index contributed by atoms with van der Waals surface area (Å²) in [5.41, 5.74) is 2.22. The molecule has 2 N–H and O–H groups in total. The normalized spacial score (nSPS) is 11.7. The van der Waals surface area contributed by atoms with Crippen LogP contribution in [0, 0.1) is 0 Å². The molecule has 2 aromatic heterocycles. The van der Waals surface area contributed by atoms with E-state index in [2.05, 4.69) is 62.1 Å². The van der Waals surface area contributed by atoms with Crippen LogP contribution in [0.15, 0.2) is 18.5 Å². The fourth-order valence-corrected chi connectivity index (χ4v) is 4.17. The summed E-state index contributed by atoms with van der Waals surface area (Å²) in [6.07, 6.45) is 1.81. The lowest BCUT2D eigenvalue weighted by Gasteiger charge is -2.30. The highest BCUT2D eigenvalue weighted by Gasteiger charge is 2.18. The number of hydrogen-bond donors (Lipinski definition) is 2. The minimum atomic E-state index is 0.203. The molecule has 1 aromatic carbocycles. The van der Waals surface area contributed by atoms with Gasteiger partial charge in [-0.1, -0.05) is 0 Å². The topological polar surface area (TPSA) is 98.6 Å². The molecule has 0 amide bonds. The minimum absolute atomic E-state index is 0.203. The second kappa shape index (κ2) is 11.4. The van der Waals surface area contributed by atoms with Crippen LogP contribution in [-0.4, -0.2) is 70.9 Å². The molecular weight excluding hydrogens is 446 g/mol. The Morgan fingerprint density at radius 3 is 2.06 bits per heavy atom. The molecule has 10 heteroatoms. The fourth-order valence-electron chi connectivity index (χ4n) is 4.17. The smallest absolute Gasteiger partial charge is 0.231 e. The molecule has 0 unspecified atom stereocenters. The predicted molar refractivity (Wildman–Crippen MR) is 141 cm³/mol. The van der Waals surface area contributed by atoms with Crippen LogP contribution in [0.5, 0.6) is 17.2 Å². The lowest BCUT2D eigenvalue weighted by atomic mass is 10.2. The Labute approximate surface area is 208 Å². The van der Waals surface area contributed by atoms with Crippen molar-refractivity contribution in [2.45, 2.75) is 59.7 Å². The highest BCUT2D eigenvalue weighted by molar-refractivity contribution is 5.85. The van der Waals surface area contributed by atoms with E-state index in [1.807, 2.05) is 23.0 Å². The van der Waals surface area contributed by atoms with Crippen molar-refractivity contribution in [3.8, 4) is 17.2 Å². The van der Waals surface area contributed by atoms with Gasteiger partial charge in [-0.05, 0) is 41.5 Å². The summed E-state index contributed by atoms with van der Waals surface area (Å²) >= 11 is 0. The van der Waals surface area contributed by atoms with Crippen molar-refractivity contribution in [3.05, 3.63) is 18.5 Å². The molecule has 2 heterocycles. The summed E-state index contributed by atoms with van der Waals surface area (Å²) in [5, 5.41) is 6.79. The quantitative estimate of drug-likeness (QED) is 0.378. The lowest BCUT2D eigenvalue weighted by Crippen LogP contribution is -2.40. The Bertz CT molecular complexity index is 1090. The molecule has 3 aromatic rings. The van der Waals surface area contributed by atoms with E-state index in [0.717, 1.165) is 24.3 Å². The van der Waals surface area contributed by atoms with E-state index in [9.17, 15) is 0 Å². The van der Waals surface area contributed by atoms with Crippen LogP contribution in [0.3, 0.4) is 0 Å². The molecule has 0 aliphatic carbocycles. The van der Waals surface area contributed by atoms with Gasteiger partial charge < -0.3 is 29.4 Å². The molecule has 0 spiro atoms. The van der Waals surface area contributed by atoms with E-state index in [4.69, 9.17) is 24.2 Å². The number of anilines is 3. The van der Waals surface area contributed by atoms with Crippen LogP contribution in [0.25, 0.3) is 11.2 Å². The van der Waals surface area contributed by atoms with Crippen molar-refractivity contribution in [1.29, 1.82) is 0 Å². The van der Waals surface area contributed by atoms with Crippen molar-refractivity contribution in [2.24, 2.45) is 0 Å². The molecule has 10 nitrogen and oxygen atoms in total. The third-order valence-corrected chi connectivity index (χ3v) is 5.89. The van der Waals surface area contributed by atoms with Gasteiger partial charge >= 0.3 is 0 Å². The first-order valence-electron chi connectivity index (χ1n) is 12.0. The van der Waals surface area contributed by atoms with E-state index in [0.29, 0.717) is 46.8 Å². The average Bonchev–Trinajstić information content (AvgIpc) is 3.25. The second-order valence-electron chi connectivity index (χ2n) is 9.20. The van der Waals surface area contributed by atoms with Crippen molar-refractivity contribution in [1.82, 2.24) is 24.4 Å². The second-order valence-corrected chi connectivity index (χ2v) is 9.20. The number of aromatic nitrogens is 4. The van der Waals surface area contributed by atoms with E-state index in [-0.39, 0.29) is 6.04 Å². The van der Waals surface area contributed by atoms with Crippen LogP contribution >= 0.6 is 0 Å². The number of benzene rings is 1. The number of methoxy groups -OCH3 is 3. The van der Waals surface area contributed by atoms with Gasteiger partial charge in [0, 0.05) is 49.0 Å². The molecule has 0 fully saturated rings. The predicted octanol–water partition coefficient (Wildman–Crippen LogP) is 4.71. The number of rotatable bonds is 12. The molecule has 0 saturated heterocycles. The Hall–Kier alpha value is -3.27. The molecule has 0 atom stereocenters. The van der Waals surface area contributed by atoms with Crippen molar-refractivity contribution < 1.29 is 14.2 Å². The van der Waals surface area contributed by atoms with Gasteiger partial charge in [0.2, 0.25) is 11.7 Å². The Morgan fingerprint density at radius 2 is 1.54 bits per heavy atom. The molecule has 0 aliphatic heterocycles. The molecular formula is C25H39N7O3. The SMILES string of the molecule is COc1cc(Nc2nc(NCCN(C(C)C)C(C)C)c3ncn(C(C)C)c3n2)cc(OC)c1OC. The van der Waals surface area contributed by atoms with E-state index >= 15 is 0 Å². The number of imidazole rings is 1. The maximum atomic E-state index is 5.49. The minimum Gasteiger partial charge on any atom is -0.493 e. The third-order valence-electron chi connectivity index (χ3n) is 5.89. The monoisotopic (exact) mass is 485 g/mol. The number of nitrogens with one attached hydrogen (secondary N) is 2. The number of ether oxygens (including phenoxy) is 3. The van der Waals surface area contributed by atoms with E-state index in [1.165, 1.54) is 0 Å². The number of hydrogen-bond acceptors (Lipinski definition) is 9. The van der Waals surface area contributed by atoms with Crippen LogP contribution in [-0.2, 0) is 0 Å². The first kappa shape index (κ1) is 26.3. The van der Waals surface area contributed by atoms with Crippen LogP contribution < -0.4 is 24.8 Å². The average molecular weight is 486 g/mol. The zero-order valence-corrected chi connectivity index (χ0v) is 22.3. The van der Waals surface area contributed by atoms with Gasteiger partial charge in [0.15, 0.2) is 28.5 Å². The van der Waals surface area contributed by atoms with Crippen molar-refractivity contribution in [3.63, 3.8) is 0 Å². The Kier molecular flexibility index (Phi) is 8.61. The molecule has 0 saturated carbocycles. The first-order chi connectivity index (χ1) is 16.7. The third kappa shape index (κ3) is 5.87. The molecule has 0 radical (unpaired) electrons. The zero-order chi connectivity index (χ0) is 25.7. The van der Waals surface area contributed by atoms with Crippen LogP contribution in [0.4, 0.5) is 17.5 Å². The maximum absolute atomic E-state index is 5.49. The largest absolute Gasteiger partial charge is 0.493 e. The van der Waals surface area contributed by atoms with Gasteiger partial charge in [0.05, 0.1) is 27.7 Å². The van der Waals surface area contributed by atoms with Crippen molar-refractivity contribution in [2.75, 3.05) is 45.1 Å². The van der Waals surface area contributed by atoms with Gasteiger partial charge in [-0.3, -0.25) is 4.90 Å². The van der Waals surface area contributed by atoms with Gasteiger partial charge in [-0.25, -0.2) is 4.98 Å². The zero-order valence-electron chi connectivity index (χ0n) is 22.3. The molecule has 0 bridgehead atoms. The van der Waals surface area contributed by atoms with E-state index in [1.54, 1.807) is 21.3 Å². The summed E-state index contributed by atoms with van der Waals surface area (Å²) in [6.45, 7) is 14.7. The lowest BCUT2D eigenvalue weighted by molar-refractivity contribution is 0.182.